The van der Waals surface area contributed by atoms with Crippen molar-refractivity contribution < 1.29 is 4.39 Å². The van der Waals surface area contributed by atoms with Crippen LogP contribution in [0.15, 0.2) is 24.3 Å². The molecule has 2 heterocycles. The molecule has 1 aromatic carbocycles. The Labute approximate surface area is 113 Å². The largest absolute Gasteiger partial charge is 0.364 e. The van der Waals surface area contributed by atoms with Gasteiger partial charge in [-0.25, -0.2) is 4.39 Å². The average Bonchev–Trinajstić information content (AvgIpc) is 2.81. The molecule has 0 radical (unpaired) electrons. The molecule has 4 heteroatoms. The highest BCUT2D eigenvalue weighted by Gasteiger charge is 2.48. The molecule has 100 valence electrons. The maximum absolute atomic E-state index is 13.8. The summed E-state index contributed by atoms with van der Waals surface area (Å²) in [6, 6.07) is 9.25. The van der Waals surface area contributed by atoms with Crippen molar-refractivity contribution in [3.8, 4) is 6.07 Å². The summed E-state index contributed by atoms with van der Waals surface area (Å²) in [5.41, 5.74) is -0.195. The smallest absolute Gasteiger partial charge is 0.146 e. The van der Waals surface area contributed by atoms with Crippen LogP contribution in [0.25, 0.3) is 0 Å². The third-order valence-electron chi connectivity index (χ3n) is 4.41. The monoisotopic (exact) mass is 259 g/mol. The number of benzene rings is 1. The summed E-state index contributed by atoms with van der Waals surface area (Å²) >= 11 is 0. The number of nitrogens with zero attached hydrogens (tertiary/aromatic N) is 2. The molecular weight excluding hydrogens is 241 g/mol. The van der Waals surface area contributed by atoms with Crippen LogP contribution in [0, 0.1) is 17.1 Å². The van der Waals surface area contributed by atoms with Crippen LogP contribution in [0.3, 0.4) is 0 Å². The fraction of sp³-hybridized carbons (Fsp3) is 0.533. The minimum Gasteiger partial charge on any atom is -0.364 e. The highest BCUT2D eigenvalue weighted by molar-refractivity contribution is 5.50. The molecule has 2 aliphatic heterocycles. The third kappa shape index (κ3) is 2.08. The molecule has 0 aliphatic carbocycles. The molecule has 0 amide bonds. The highest BCUT2D eigenvalue weighted by Crippen LogP contribution is 2.37. The molecule has 0 spiro atoms. The number of anilines is 1. The van der Waals surface area contributed by atoms with Crippen molar-refractivity contribution in [3.05, 3.63) is 30.1 Å². The lowest BCUT2D eigenvalue weighted by Gasteiger charge is -2.37. The van der Waals surface area contributed by atoms with E-state index in [0.717, 1.165) is 32.4 Å². The maximum Gasteiger partial charge on any atom is 0.146 e. The molecule has 3 rings (SSSR count). The van der Waals surface area contributed by atoms with Crippen LogP contribution < -0.4 is 5.32 Å². The predicted molar refractivity (Wildman–Crippen MR) is 72.2 cm³/mol. The van der Waals surface area contributed by atoms with Crippen molar-refractivity contribution in [1.82, 2.24) is 4.90 Å². The van der Waals surface area contributed by atoms with Gasteiger partial charge in [-0.05, 0) is 37.9 Å². The van der Waals surface area contributed by atoms with Gasteiger partial charge in [-0.15, -0.1) is 0 Å². The number of rotatable bonds is 2. The first-order valence-corrected chi connectivity index (χ1v) is 6.93. The predicted octanol–water partition coefficient (Wildman–Crippen LogP) is 2.76. The highest BCUT2D eigenvalue weighted by atomic mass is 19.1. The maximum atomic E-state index is 13.8. The molecule has 19 heavy (non-hydrogen) atoms. The second kappa shape index (κ2) is 4.82. The van der Waals surface area contributed by atoms with E-state index < -0.39 is 5.54 Å². The van der Waals surface area contributed by atoms with Gasteiger partial charge in [-0.3, -0.25) is 4.90 Å². The number of hydrogen-bond acceptors (Lipinski definition) is 3. The molecule has 2 unspecified atom stereocenters. The summed E-state index contributed by atoms with van der Waals surface area (Å²) in [6.07, 6.45) is 4.15. The van der Waals surface area contributed by atoms with Gasteiger partial charge >= 0.3 is 0 Å². The minimum atomic E-state index is -0.636. The van der Waals surface area contributed by atoms with E-state index in [1.54, 1.807) is 18.2 Å². The van der Waals surface area contributed by atoms with Gasteiger partial charge in [0.15, 0.2) is 0 Å². The van der Waals surface area contributed by atoms with Crippen LogP contribution in [0.4, 0.5) is 10.1 Å². The number of piperidine rings is 1. The first kappa shape index (κ1) is 12.4. The molecule has 1 aromatic rings. The molecule has 2 atom stereocenters. The van der Waals surface area contributed by atoms with Crippen molar-refractivity contribution in [3.63, 3.8) is 0 Å². The quantitative estimate of drug-likeness (QED) is 0.887. The second-order valence-corrected chi connectivity index (χ2v) is 5.49. The Hall–Kier alpha value is -1.60. The van der Waals surface area contributed by atoms with Gasteiger partial charge in [0.25, 0.3) is 0 Å². The van der Waals surface area contributed by atoms with E-state index in [4.69, 9.17) is 0 Å². The van der Waals surface area contributed by atoms with Crippen LogP contribution in [0.1, 0.15) is 25.7 Å². The van der Waals surface area contributed by atoms with Gasteiger partial charge < -0.3 is 5.32 Å². The van der Waals surface area contributed by atoms with E-state index >= 15 is 0 Å². The van der Waals surface area contributed by atoms with Gasteiger partial charge in [0, 0.05) is 12.6 Å². The SMILES string of the molecule is N#CC1(Nc2ccccc2F)CCN2CCCCC21. The average molecular weight is 259 g/mol. The summed E-state index contributed by atoms with van der Waals surface area (Å²) in [7, 11) is 0. The number of fused-ring (bicyclic) bond motifs is 1. The van der Waals surface area contributed by atoms with Gasteiger partial charge in [-0.2, -0.15) is 5.26 Å². The Kier molecular flexibility index (Phi) is 3.16. The molecule has 0 bridgehead atoms. The minimum absolute atomic E-state index is 0.214. The number of halogens is 1. The second-order valence-electron chi connectivity index (χ2n) is 5.49. The Morgan fingerprint density at radius 2 is 2.16 bits per heavy atom. The molecule has 0 saturated carbocycles. The molecule has 2 saturated heterocycles. The van der Waals surface area contributed by atoms with Crippen molar-refractivity contribution >= 4 is 5.69 Å². The van der Waals surface area contributed by atoms with E-state index in [2.05, 4.69) is 16.3 Å². The van der Waals surface area contributed by atoms with Crippen LogP contribution >= 0.6 is 0 Å². The number of para-hydroxylation sites is 1. The lowest BCUT2D eigenvalue weighted by Crippen LogP contribution is -2.51. The zero-order chi connectivity index (χ0) is 13.3. The van der Waals surface area contributed by atoms with Crippen LogP contribution in [-0.4, -0.2) is 29.6 Å². The molecule has 0 aromatic heterocycles. The third-order valence-corrected chi connectivity index (χ3v) is 4.41. The van der Waals surface area contributed by atoms with E-state index in [-0.39, 0.29) is 11.9 Å². The number of nitrogens with one attached hydrogen (secondary N) is 1. The number of hydrogen-bond donors (Lipinski definition) is 1. The van der Waals surface area contributed by atoms with Gasteiger partial charge in [0.05, 0.1) is 11.8 Å². The molecule has 2 aliphatic rings. The molecular formula is C15H18FN3. The normalized spacial score (nSPS) is 30.6. The first-order valence-electron chi connectivity index (χ1n) is 6.93. The zero-order valence-corrected chi connectivity index (χ0v) is 10.9. The van der Waals surface area contributed by atoms with E-state index in [1.165, 1.54) is 12.5 Å². The topological polar surface area (TPSA) is 39.1 Å². The summed E-state index contributed by atoms with van der Waals surface area (Å²) in [5, 5.41) is 12.8. The van der Waals surface area contributed by atoms with Gasteiger partial charge in [0.2, 0.25) is 0 Å². The van der Waals surface area contributed by atoms with Crippen molar-refractivity contribution in [2.45, 2.75) is 37.3 Å². The van der Waals surface area contributed by atoms with Gasteiger partial charge in [0.1, 0.15) is 11.4 Å². The Balaban J connectivity index is 1.88. The summed E-state index contributed by atoms with van der Waals surface area (Å²) in [4.78, 5) is 2.38. The first-order chi connectivity index (χ1) is 9.25. The van der Waals surface area contributed by atoms with E-state index in [0.29, 0.717) is 5.69 Å². The zero-order valence-electron chi connectivity index (χ0n) is 10.9. The lowest BCUT2D eigenvalue weighted by atomic mass is 9.86. The fourth-order valence-electron chi connectivity index (χ4n) is 3.41. The van der Waals surface area contributed by atoms with Crippen LogP contribution in [-0.2, 0) is 0 Å². The van der Waals surface area contributed by atoms with Crippen molar-refractivity contribution in [1.29, 1.82) is 5.26 Å². The fourth-order valence-corrected chi connectivity index (χ4v) is 3.41. The van der Waals surface area contributed by atoms with Crippen LogP contribution in [0.5, 0.6) is 0 Å². The van der Waals surface area contributed by atoms with Crippen molar-refractivity contribution in [2.75, 3.05) is 18.4 Å². The Morgan fingerprint density at radius 1 is 1.32 bits per heavy atom. The summed E-state index contributed by atoms with van der Waals surface area (Å²) < 4.78 is 13.8. The number of nitriles is 1. The molecule has 2 fully saturated rings. The Morgan fingerprint density at radius 3 is 2.95 bits per heavy atom. The summed E-state index contributed by atoms with van der Waals surface area (Å²) in [5.74, 6) is -0.286. The van der Waals surface area contributed by atoms with Crippen molar-refractivity contribution in [2.24, 2.45) is 0 Å². The van der Waals surface area contributed by atoms with E-state index in [1.807, 2.05) is 0 Å². The van der Waals surface area contributed by atoms with Gasteiger partial charge in [-0.1, -0.05) is 18.6 Å². The Bertz CT molecular complexity index is 510. The summed E-state index contributed by atoms with van der Waals surface area (Å²) in [6.45, 7) is 1.99. The molecule has 1 N–H and O–H groups in total. The van der Waals surface area contributed by atoms with E-state index in [9.17, 15) is 9.65 Å². The standard InChI is InChI=1S/C15H18FN3/c16-12-5-1-2-6-13(12)18-15(11-17)8-10-19-9-4-3-7-14(15)19/h1-2,5-6,14,18H,3-4,7-10H2. The molecule has 3 nitrogen and oxygen atoms in total. The lowest BCUT2D eigenvalue weighted by molar-refractivity contribution is 0.179. The van der Waals surface area contributed by atoms with Crippen LogP contribution in [0.2, 0.25) is 0 Å².